The monoisotopic (exact) mass is 553 g/mol. The molecule has 41 heavy (non-hydrogen) atoms. The number of aryl methyl sites for hydroxylation is 2. The minimum Gasteiger partial charge on any atom is -0.496 e. The van der Waals surface area contributed by atoms with E-state index in [-0.39, 0.29) is 12.0 Å². The van der Waals surface area contributed by atoms with Crippen LogP contribution in [-0.2, 0) is 11.8 Å². The number of morpholine rings is 1. The highest BCUT2D eigenvalue weighted by molar-refractivity contribution is 5.88. The standard InChI is InChI=1S/C30H35N9O2/c1-17(2)28-29-23(37(5)30(35-29)38-15-24-26(16-38)41-10-9-36(24)4)12-27(34-28)39-22-11-21(33-18(3)19(22)14-32-39)20-13-31-8-7-25(20)40-6/h7-8,11-14,17,24,26H,9-10,15-16H2,1-6H3/t24-,26+/m0/s1. The molecule has 0 aliphatic carbocycles. The normalized spacial score (nSPS) is 19.5. The Morgan fingerprint density at radius 3 is 2.68 bits per heavy atom. The van der Waals surface area contributed by atoms with Gasteiger partial charge in [-0.25, -0.2) is 14.6 Å². The Bertz CT molecular complexity index is 1780. The van der Waals surface area contributed by atoms with Crippen LogP contribution in [0.4, 0.5) is 5.95 Å². The van der Waals surface area contributed by atoms with Gasteiger partial charge in [-0.1, -0.05) is 13.8 Å². The molecular formula is C30H35N9O2. The average Bonchev–Trinajstić information content (AvgIpc) is 3.68. The Labute approximate surface area is 238 Å². The molecule has 11 heteroatoms. The third kappa shape index (κ3) is 4.14. The van der Waals surface area contributed by atoms with Crippen molar-refractivity contribution in [2.75, 3.05) is 45.3 Å². The van der Waals surface area contributed by atoms with Crippen LogP contribution in [0.3, 0.4) is 0 Å². The summed E-state index contributed by atoms with van der Waals surface area (Å²) in [6, 6.07) is 6.35. The number of anilines is 1. The second kappa shape index (κ2) is 9.78. The number of imidazole rings is 1. The highest BCUT2D eigenvalue weighted by atomic mass is 16.5. The van der Waals surface area contributed by atoms with Crippen LogP contribution in [0.1, 0.15) is 31.2 Å². The van der Waals surface area contributed by atoms with E-state index in [1.54, 1.807) is 19.5 Å². The number of methoxy groups -OCH3 is 1. The SMILES string of the molecule is COc1ccncc1-c1cc2c(cnn2-c2cc3c(nc(N4C[C@H]5OCCN(C)[C@H]5C4)n3C)c(C(C)C)n2)c(C)n1. The van der Waals surface area contributed by atoms with Crippen molar-refractivity contribution in [1.82, 2.24) is 39.2 Å². The average molecular weight is 554 g/mol. The van der Waals surface area contributed by atoms with E-state index in [9.17, 15) is 0 Å². The number of likely N-dealkylation sites (N-methyl/N-ethyl adjacent to an activating group) is 1. The highest BCUT2D eigenvalue weighted by Gasteiger charge is 2.40. The van der Waals surface area contributed by atoms with E-state index in [2.05, 4.69) is 53.4 Å². The summed E-state index contributed by atoms with van der Waals surface area (Å²) < 4.78 is 15.8. The Morgan fingerprint density at radius 2 is 1.90 bits per heavy atom. The zero-order valence-corrected chi connectivity index (χ0v) is 24.4. The second-order valence-corrected chi connectivity index (χ2v) is 11.4. The molecule has 0 unspecified atom stereocenters. The molecule has 2 atom stereocenters. The van der Waals surface area contributed by atoms with Gasteiger partial charge in [0.15, 0.2) is 5.82 Å². The van der Waals surface area contributed by atoms with Gasteiger partial charge in [-0.2, -0.15) is 5.10 Å². The third-order valence-electron chi connectivity index (χ3n) is 8.52. The first-order chi connectivity index (χ1) is 19.8. The molecule has 2 aliphatic heterocycles. The second-order valence-electron chi connectivity index (χ2n) is 11.4. The molecule has 0 amide bonds. The molecule has 5 aromatic rings. The molecule has 0 spiro atoms. The van der Waals surface area contributed by atoms with E-state index in [1.807, 2.05) is 29.9 Å². The Hall–Kier alpha value is -4.09. The minimum absolute atomic E-state index is 0.177. The van der Waals surface area contributed by atoms with Crippen molar-refractivity contribution in [3.8, 4) is 22.8 Å². The molecule has 0 bridgehead atoms. The predicted molar refractivity (Wildman–Crippen MR) is 158 cm³/mol. The summed E-state index contributed by atoms with van der Waals surface area (Å²) >= 11 is 0. The first-order valence-electron chi connectivity index (χ1n) is 14.1. The minimum atomic E-state index is 0.177. The molecule has 2 aliphatic rings. The molecule has 5 aromatic heterocycles. The summed E-state index contributed by atoms with van der Waals surface area (Å²) in [6.45, 7) is 9.79. The molecule has 0 N–H and O–H groups in total. The summed E-state index contributed by atoms with van der Waals surface area (Å²) in [4.78, 5) is 24.2. The first-order valence-corrected chi connectivity index (χ1v) is 14.1. The van der Waals surface area contributed by atoms with E-state index < -0.39 is 0 Å². The highest BCUT2D eigenvalue weighted by Crippen LogP contribution is 2.34. The quantitative estimate of drug-likeness (QED) is 0.322. The van der Waals surface area contributed by atoms with Crippen LogP contribution in [0.5, 0.6) is 5.75 Å². The molecule has 11 nitrogen and oxygen atoms in total. The largest absolute Gasteiger partial charge is 0.496 e. The van der Waals surface area contributed by atoms with Crippen LogP contribution >= 0.6 is 0 Å². The number of nitrogens with zero attached hydrogens (tertiary/aromatic N) is 9. The third-order valence-corrected chi connectivity index (χ3v) is 8.52. The lowest BCUT2D eigenvalue weighted by atomic mass is 10.1. The Kier molecular flexibility index (Phi) is 6.16. The van der Waals surface area contributed by atoms with Crippen molar-refractivity contribution in [3.05, 3.63) is 48.2 Å². The number of rotatable bonds is 5. The van der Waals surface area contributed by atoms with Gasteiger partial charge in [-0.05, 0) is 32.0 Å². The van der Waals surface area contributed by atoms with Crippen LogP contribution in [-0.4, -0.2) is 91.7 Å². The number of hydrogen-bond donors (Lipinski definition) is 0. The van der Waals surface area contributed by atoms with Crippen LogP contribution in [0.15, 0.2) is 36.8 Å². The molecule has 0 aromatic carbocycles. The first kappa shape index (κ1) is 25.8. The molecular weight excluding hydrogens is 518 g/mol. The Morgan fingerprint density at radius 1 is 1.05 bits per heavy atom. The number of hydrogen-bond acceptors (Lipinski definition) is 9. The summed E-state index contributed by atoms with van der Waals surface area (Å²) in [5.74, 6) is 2.60. The maximum Gasteiger partial charge on any atom is 0.206 e. The number of aromatic nitrogens is 7. The van der Waals surface area contributed by atoms with Gasteiger partial charge in [0.25, 0.3) is 0 Å². The fraction of sp³-hybridized carbons (Fsp3) is 0.433. The van der Waals surface area contributed by atoms with E-state index in [0.717, 1.165) is 88.3 Å². The van der Waals surface area contributed by atoms with Crippen LogP contribution in [0, 0.1) is 6.92 Å². The summed E-state index contributed by atoms with van der Waals surface area (Å²) in [6.07, 6.45) is 5.56. The molecule has 0 radical (unpaired) electrons. The van der Waals surface area contributed by atoms with Crippen molar-refractivity contribution in [1.29, 1.82) is 0 Å². The van der Waals surface area contributed by atoms with Crippen molar-refractivity contribution in [3.63, 3.8) is 0 Å². The van der Waals surface area contributed by atoms with Gasteiger partial charge >= 0.3 is 0 Å². The van der Waals surface area contributed by atoms with Gasteiger partial charge in [0.2, 0.25) is 5.95 Å². The summed E-state index contributed by atoms with van der Waals surface area (Å²) in [5, 5.41) is 5.76. The maximum atomic E-state index is 6.11. The van der Waals surface area contributed by atoms with Crippen LogP contribution < -0.4 is 9.64 Å². The fourth-order valence-electron chi connectivity index (χ4n) is 6.25. The van der Waals surface area contributed by atoms with Gasteiger partial charge in [-0.3, -0.25) is 14.9 Å². The van der Waals surface area contributed by atoms with Crippen LogP contribution in [0.2, 0.25) is 0 Å². The maximum absolute atomic E-state index is 6.11. The van der Waals surface area contributed by atoms with E-state index in [0.29, 0.717) is 6.04 Å². The van der Waals surface area contributed by atoms with Gasteiger partial charge < -0.3 is 18.9 Å². The number of pyridine rings is 3. The number of fused-ring (bicyclic) bond motifs is 3. The predicted octanol–water partition coefficient (Wildman–Crippen LogP) is 3.72. The summed E-state index contributed by atoms with van der Waals surface area (Å²) in [5.41, 5.74) is 6.32. The fourth-order valence-corrected chi connectivity index (χ4v) is 6.25. The molecule has 2 fully saturated rings. The smallest absolute Gasteiger partial charge is 0.206 e. The summed E-state index contributed by atoms with van der Waals surface area (Å²) in [7, 11) is 5.94. The molecule has 212 valence electrons. The lowest BCUT2D eigenvalue weighted by Crippen LogP contribution is -2.48. The molecule has 7 heterocycles. The lowest BCUT2D eigenvalue weighted by molar-refractivity contribution is -0.0362. The van der Waals surface area contributed by atoms with E-state index in [1.165, 1.54) is 0 Å². The number of ether oxygens (including phenoxy) is 2. The Balaban J connectivity index is 1.36. The van der Waals surface area contributed by atoms with E-state index >= 15 is 0 Å². The molecule has 7 rings (SSSR count). The van der Waals surface area contributed by atoms with Gasteiger partial charge in [0.05, 0.1) is 60.0 Å². The topological polar surface area (TPSA) is 99.2 Å². The lowest BCUT2D eigenvalue weighted by Gasteiger charge is -2.33. The van der Waals surface area contributed by atoms with E-state index in [4.69, 9.17) is 29.5 Å². The van der Waals surface area contributed by atoms with Crippen LogP contribution in [0.25, 0.3) is 39.0 Å². The van der Waals surface area contributed by atoms with Crippen molar-refractivity contribution in [2.45, 2.75) is 38.8 Å². The molecule has 2 saturated heterocycles. The van der Waals surface area contributed by atoms with Gasteiger partial charge in [0, 0.05) is 56.2 Å². The molecule has 0 saturated carbocycles. The zero-order chi connectivity index (χ0) is 28.4. The van der Waals surface area contributed by atoms with Gasteiger partial charge in [0.1, 0.15) is 11.3 Å². The van der Waals surface area contributed by atoms with Crippen molar-refractivity contribution < 1.29 is 9.47 Å². The van der Waals surface area contributed by atoms with Crippen molar-refractivity contribution >= 4 is 27.9 Å². The van der Waals surface area contributed by atoms with Crippen molar-refractivity contribution in [2.24, 2.45) is 7.05 Å². The zero-order valence-electron chi connectivity index (χ0n) is 24.4. The van der Waals surface area contributed by atoms with Gasteiger partial charge in [-0.15, -0.1) is 0 Å².